The van der Waals surface area contributed by atoms with Crippen molar-refractivity contribution in [2.45, 2.75) is 75.4 Å². The number of unbranched alkanes of at least 4 members (excludes halogenated alkanes) is 3. The number of hydrogen-bond donors (Lipinski definition) is 0. The third kappa shape index (κ3) is 5.77. The van der Waals surface area contributed by atoms with Crippen molar-refractivity contribution in [2.24, 2.45) is 0 Å². The molecule has 0 saturated carbocycles. The van der Waals surface area contributed by atoms with Crippen LogP contribution < -0.4 is 5.19 Å². The summed E-state index contributed by atoms with van der Waals surface area (Å²) in [6.07, 6.45) is 8.75. The van der Waals surface area contributed by atoms with Gasteiger partial charge in [-0.25, -0.2) is 0 Å². The Hall–Kier alpha value is 0.0769. The molecule has 0 spiro atoms. The van der Waals surface area contributed by atoms with Gasteiger partial charge < -0.3 is 0 Å². The van der Waals surface area contributed by atoms with Crippen molar-refractivity contribution in [3.8, 4) is 11.1 Å². The molecule has 0 nitrogen and oxygen atoms in total. The number of hydrogen-bond acceptors (Lipinski definition) is 0. The first-order valence-corrected chi connectivity index (χ1v) is 30.3. The number of rotatable bonds is 9. The average Bonchev–Trinajstić information content (AvgIpc) is 3.09. The quantitative estimate of drug-likeness (QED) is 0.210. The van der Waals surface area contributed by atoms with Crippen molar-refractivity contribution in [1.29, 1.82) is 0 Å². The second-order valence-electron chi connectivity index (χ2n) is 10.4. The van der Waals surface area contributed by atoms with Crippen LogP contribution in [0, 0.1) is 0 Å². The molecule has 1 unspecified atom stereocenters. The van der Waals surface area contributed by atoms with Crippen LogP contribution in [-0.2, 0) is 17.0 Å². The number of fused-ring (bicyclic) bond motifs is 1. The van der Waals surface area contributed by atoms with Gasteiger partial charge in [0, 0.05) is 0 Å². The third-order valence-electron chi connectivity index (χ3n) is 6.69. The molecule has 3 rings (SSSR count). The minimum atomic E-state index is -3.24. The Bertz CT molecular complexity index is 927. The molecule has 0 fully saturated rings. The molecular weight excluding hydrogens is 531 g/mol. The van der Waals surface area contributed by atoms with E-state index in [2.05, 4.69) is 88.2 Å². The molecule has 0 heterocycles. The molecule has 0 aromatic heterocycles. The van der Waals surface area contributed by atoms with Crippen molar-refractivity contribution in [3.05, 3.63) is 59.2 Å². The van der Waals surface area contributed by atoms with Gasteiger partial charge in [0.15, 0.2) is 0 Å². The van der Waals surface area contributed by atoms with Crippen LogP contribution in [0.25, 0.3) is 17.2 Å². The Kier molecular flexibility index (Phi) is 8.75. The van der Waals surface area contributed by atoms with E-state index in [1.807, 2.05) is 0 Å². The summed E-state index contributed by atoms with van der Waals surface area (Å²) in [4.78, 5) is 0. The van der Waals surface area contributed by atoms with E-state index in [0.29, 0.717) is 3.63 Å². The van der Waals surface area contributed by atoms with E-state index in [1.54, 1.807) is 0 Å². The topological polar surface area (TPSA) is 0 Å². The molecule has 0 N–H and O–H groups in total. The fraction of sp³-hybridized carbons (Fsp3) is 0.462. The van der Waals surface area contributed by atoms with Crippen LogP contribution >= 0.6 is 17.0 Å². The Morgan fingerprint density at radius 2 is 1.61 bits per heavy atom. The molecule has 5 heteroatoms. The van der Waals surface area contributed by atoms with Crippen LogP contribution in [0.15, 0.2) is 48.0 Å². The number of halogens is 2. The maximum atomic E-state index is 7.31. The Labute approximate surface area is 203 Å². The molecule has 1 atom stereocenters. The van der Waals surface area contributed by atoms with Gasteiger partial charge in [-0.1, -0.05) is 0 Å². The van der Waals surface area contributed by atoms with Crippen molar-refractivity contribution < 1.29 is 17.0 Å². The zero-order valence-electron chi connectivity index (χ0n) is 20.1. The first-order valence-electron chi connectivity index (χ1n) is 11.9. The molecule has 31 heavy (non-hydrogen) atoms. The maximum absolute atomic E-state index is 7.31. The molecule has 168 valence electrons. The van der Waals surface area contributed by atoms with Crippen LogP contribution in [0.1, 0.15) is 53.8 Å². The Balaban J connectivity index is 2.03. The molecule has 0 aliphatic heterocycles. The SMILES string of the molecule is CCCCCCC1=Cc2c(-c3ccc([Si](C)(C)C)cc3)cccc2[CH]1[Zr]([Cl])([Cl])[SiH](C)C. The van der Waals surface area contributed by atoms with Gasteiger partial charge in [0.2, 0.25) is 0 Å². The summed E-state index contributed by atoms with van der Waals surface area (Å²) in [7, 11) is 13.3. The van der Waals surface area contributed by atoms with Crippen LogP contribution in [0.5, 0.6) is 0 Å². The van der Waals surface area contributed by atoms with Crippen LogP contribution in [0.3, 0.4) is 0 Å². The Morgan fingerprint density at radius 3 is 2.19 bits per heavy atom. The molecule has 0 radical (unpaired) electrons. The summed E-state index contributed by atoms with van der Waals surface area (Å²) in [5.74, 6) is -1.09. The summed E-state index contributed by atoms with van der Waals surface area (Å²) in [6, 6.07) is 16.1. The average molecular weight is 569 g/mol. The summed E-state index contributed by atoms with van der Waals surface area (Å²) in [6.45, 7) is 14.2. The van der Waals surface area contributed by atoms with Crippen molar-refractivity contribution in [1.82, 2.24) is 0 Å². The molecule has 0 saturated heterocycles. The van der Waals surface area contributed by atoms with Crippen LogP contribution in [0.4, 0.5) is 0 Å². The van der Waals surface area contributed by atoms with E-state index < -0.39 is 31.0 Å². The second kappa shape index (κ2) is 10.6. The van der Waals surface area contributed by atoms with E-state index in [4.69, 9.17) is 17.0 Å². The van der Waals surface area contributed by atoms with Gasteiger partial charge in [-0.3, -0.25) is 0 Å². The van der Waals surface area contributed by atoms with Gasteiger partial charge in [-0.2, -0.15) is 0 Å². The fourth-order valence-electron chi connectivity index (χ4n) is 4.63. The van der Waals surface area contributed by atoms with E-state index in [9.17, 15) is 0 Å². The molecular formula is C26H38Cl2Si2Zr. The van der Waals surface area contributed by atoms with Gasteiger partial charge in [-0.15, -0.1) is 0 Å². The van der Waals surface area contributed by atoms with E-state index in [-0.39, 0.29) is 0 Å². The zero-order chi connectivity index (χ0) is 22.8. The standard InChI is InChI=1S/C24H31Si.C2H7Si.2ClH.Zr/c1-5-6-7-8-10-19-17-21-11-9-12-23(24(21)18-19)20-13-15-22(16-14-20)25(2,3)4;1-3-2;;;/h9,11-18H,5-8,10H2,1-4H3;3H,1-2H3;2*1H;/q;;;;+2/p-2. The summed E-state index contributed by atoms with van der Waals surface area (Å²) < 4.78 is 0.335. The summed E-state index contributed by atoms with van der Waals surface area (Å²) >= 11 is -3.24. The van der Waals surface area contributed by atoms with E-state index in [0.717, 1.165) is 6.42 Å². The second-order valence-corrected chi connectivity index (χ2v) is 49.3. The first kappa shape index (κ1) is 25.7. The van der Waals surface area contributed by atoms with E-state index in [1.165, 1.54) is 58.7 Å². The first-order chi connectivity index (χ1) is 14.6. The zero-order valence-corrected chi connectivity index (χ0v) is 26.2. The molecule has 0 amide bonds. The summed E-state index contributed by atoms with van der Waals surface area (Å²) in [5.41, 5.74) is 6.98. The molecule has 2 aromatic rings. The van der Waals surface area contributed by atoms with Crippen molar-refractivity contribution in [3.63, 3.8) is 0 Å². The van der Waals surface area contributed by atoms with Crippen LogP contribution in [-0.4, -0.2) is 14.0 Å². The summed E-state index contributed by atoms with van der Waals surface area (Å²) in [5, 5.41) is 1.51. The van der Waals surface area contributed by atoms with Crippen molar-refractivity contribution >= 4 is 42.3 Å². The molecule has 0 bridgehead atoms. The molecule has 1 aliphatic carbocycles. The Morgan fingerprint density at radius 1 is 0.935 bits per heavy atom. The fourth-order valence-corrected chi connectivity index (χ4v) is 20.2. The number of benzene rings is 2. The van der Waals surface area contributed by atoms with Gasteiger partial charge in [0.1, 0.15) is 0 Å². The monoisotopic (exact) mass is 566 g/mol. The van der Waals surface area contributed by atoms with Gasteiger partial charge in [0.25, 0.3) is 0 Å². The van der Waals surface area contributed by atoms with E-state index >= 15 is 0 Å². The predicted molar refractivity (Wildman–Crippen MR) is 145 cm³/mol. The van der Waals surface area contributed by atoms with Crippen LogP contribution in [0.2, 0.25) is 32.7 Å². The van der Waals surface area contributed by atoms with Crippen molar-refractivity contribution in [2.75, 3.05) is 0 Å². The predicted octanol–water partition coefficient (Wildman–Crippen LogP) is 8.75. The third-order valence-corrected chi connectivity index (χ3v) is 45.3. The number of allylic oxidation sites excluding steroid dienone is 1. The van der Waals surface area contributed by atoms with Gasteiger partial charge in [0.05, 0.1) is 0 Å². The normalized spacial score (nSPS) is 16.5. The van der Waals surface area contributed by atoms with Gasteiger partial charge >= 0.3 is 205 Å². The molecule has 1 aliphatic rings. The van der Waals surface area contributed by atoms with Gasteiger partial charge in [-0.05, 0) is 0 Å². The molecule has 2 aromatic carbocycles. The minimum absolute atomic E-state index is 0.335.